The zero-order chi connectivity index (χ0) is 21.9. The third-order valence-electron chi connectivity index (χ3n) is 4.20. The Labute approximate surface area is 171 Å². The summed E-state index contributed by atoms with van der Waals surface area (Å²) >= 11 is 0. The van der Waals surface area contributed by atoms with E-state index in [2.05, 4.69) is 14.7 Å². The number of carbonyl (C=O) groups is 1. The fourth-order valence-corrected chi connectivity index (χ4v) is 3.85. The molecule has 2 aromatic heterocycles. The second-order valence-electron chi connectivity index (χ2n) is 6.31. The number of carbonyl (C=O) groups excluding carboxylic acids is 1. The first-order chi connectivity index (χ1) is 14.2. The van der Waals surface area contributed by atoms with Gasteiger partial charge in [0.15, 0.2) is 0 Å². The quantitative estimate of drug-likeness (QED) is 0.387. The number of hydrogen-bond donors (Lipinski definition) is 4. The zero-order valence-electron chi connectivity index (χ0n) is 15.8. The van der Waals surface area contributed by atoms with Crippen LogP contribution in [0.5, 0.6) is 5.75 Å². The van der Waals surface area contributed by atoms with Crippen LogP contribution in [-0.2, 0) is 14.8 Å². The van der Waals surface area contributed by atoms with Crippen LogP contribution in [0.25, 0.3) is 21.8 Å². The standard InChI is InChI=1S/C17H13N3O4S.C3H6O2/c21-11-3-1-2-10(8-11)20-25(23,24)12-4-5-15-14(9-12)13-6-7-18-16(13)17(22)19-15;1-2-3(4)5/h1-9,18,20-21H,(H,19,22);2H2,1H3,(H,4,5)/p-1. The van der Waals surface area contributed by atoms with E-state index in [-0.39, 0.29) is 28.3 Å². The van der Waals surface area contributed by atoms with Gasteiger partial charge in [-0.3, -0.25) is 9.52 Å². The predicted molar refractivity (Wildman–Crippen MR) is 111 cm³/mol. The van der Waals surface area contributed by atoms with Crippen LogP contribution >= 0.6 is 0 Å². The monoisotopic (exact) mass is 428 g/mol. The van der Waals surface area contributed by atoms with Crippen molar-refractivity contribution >= 4 is 43.5 Å². The number of aromatic amines is 2. The molecule has 0 fully saturated rings. The molecule has 4 rings (SSSR count). The molecule has 4 N–H and O–H groups in total. The Morgan fingerprint density at radius 1 is 1.13 bits per heavy atom. The number of sulfonamides is 1. The molecule has 2 aromatic carbocycles. The molecule has 0 unspecified atom stereocenters. The molecule has 0 aliphatic heterocycles. The molecule has 30 heavy (non-hydrogen) atoms. The zero-order valence-corrected chi connectivity index (χ0v) is 16.6. The summed E-state index contributed by atoms with van der Waals surface area (Å²) in [5.74, 6) is -1.03. The molecule has 0 saturated carbocycles. The molecule has 9 nitrogen and oxygen atoms in total. The van der Waals surface area contributed by atoms with Crippen LogP contribution in [0.15, 0.2) is 64.4 Å². The first-order valence-electron chi connectivity index (χ1n) is 8.86. The van der Waals surface area contributed by atoms with Gasteiger partial charge in [-0.15, -0.1) is 0 Å². The maximum absolute atomic E-state index is 12.6. The Bertz CT molecular complexity index is 1390. The minimum Gasteiger partial charge on any atom is -0.550 e. The molecule has 0 spiro atoms. The number of carboxylic acids is 1. The number of fused-ring (bicyclic) bond motifs is 3. The van der Waals surface area contributed by atoms with Crippen molar-refractivity contribution in [1.29, 1.82) is 0 Å². The Morgan fingerprint density at radius 3 is 2.53 bits per heavy atom. The number of phenols is 1. The van der Waals surface area contributed by atoms with E-state index in [1.54, 1.807) is 30.5 Å². The number of aromatic nitrogens is 2. The number of phenolic OH excluding ortho intramolecular Hbond substituents is 1. The summed E-state index contributed by atoms with van der Waals surface area (Å²) in [4.78, 5) is 26.8. The van der Waals surface area contributed by atoms with Crippen LogP contribution in [0.1, 0.15) is 13.3 Å². The van der Waals surface area contributed by atoms with Gasteiger partial charge in [0.1, 0.15) is 11.3 Å². The van der Waals surface area contributed by atoms with Crippen molar-refractivity contribution in [3.8, 4) is 5.75 Å². The van der Waals surface area contributed by atoms with Gasteiger partial charge in [-0.05, 0) is 42.8 Å². The average molecular weight is 428 g/mol. The van der Waals surface area contributed by atoms with E-state index < -0.39 is 16.0 Å². The molecule has 0 bridgehead atoms. The normalized spacial score (nSPS) is 11.1. The summed E-state index contributed by atoms with van der Waals surface area (Å²) < 4.78 is 27.7. The van der Waals surface area contributed by atoms with E-state index in [1.807, 2.05) is 0 Å². The van der Waals surface area contributed by atoms with Gasteiger partial charge in [0, 0.05) is 34.5 Å². The van der Waals surface area contributed by atoms with Crippen molar-refractivity contribution in [3.05, 3.63) is 65.1 Å². The number of benzene rings is 2. The summed E-state index contributed by atoms with van der Waals surface area (Å²) in [5.41, 5.74) is 0.936. The molecule has 0 aliphatic rings. The minimum atomic E-state index is -3.85. The van der Waals surface area contributed by atoms with Crippen molar-refractivity contribution in [2.75, 3.05) is 4.72 Å². The Morgan fingerprint density at radius 2 is 1.87 bits per heavy atom. The number of H-pyrrole nitrogens is 2. The van der Waals surface area contributed by atoms with Crippen molar-refractivity contribution in [2.45, 2.75) is 18.2 Å². The highest BCUT2D eigenvalue weighted by atomic mass is 32.2. The van der Waals surface area contributed by atoms with Gasteiger partial charge in [0.05, 0.1) is 10.6 Å². The fourth-order valence-electron chi connectivity index (χ4n) is 2.77. The molecular weight excluding hydrogens is 410 g/mol. The number of aliphatic carboxylic acids is 1. The average Bonchev–Trinajstić information content (AvgIpc) is 3.19. The van der Waals surface area contributed by atoms with Crippen LogP contribution in [0.3, 0.4) is 0 Å². The summed E-state index contributed by atoms with van der Waals surface area (Å²) in [7, 11) is -3.85. The van der Waals surface area contributed by atoms with Crippen LogP contribution < -0.4 is 15.4 Å². The molecule has 0 radical (unpaired) electrons. The van der Waals surface area contributed by atoms with Gasteiger partial charge in [0.25, 0.3) is 15.6 Å². The first-order valence-corrected chi connectivity index (χ1v) is 10.3. The third kappa shape index (κ3) is 4.44. The molecule has 0 aliphatic carbocycles. The van der Waals surface area contributed by atoms with Crippen LogP contribution in [0.4, 0.5) is 5.69 Å². The molecule has 156 valence electrons. The van der Waals surface area contributed by atoms with Crippen LogP contribution in [-0.4, -0.2) is 29.5 Å². The van der Waals surface area contributed by atoms with E-state index >= 15 is 0 Å². The highest BCUT2D eigenvalue weighted by molar-refractivity contribution is 7.92. The number of rotatable bonds is 4. The number of anilines is 1. The van der Waals surface area contributed by atoms with Gasteiger partial charge in [-0.2, -0.15) is 0 Å². The Hall–Kier alpha value is -3.79. The second-order valence-corrected chi connectivity index (χ2v) is 7.99. The fraction of sp³-hybridized carbons (Fsp3) is 0.100. The third-order valence-corrected chi connectivity index (χ3v) is 5.58. The van der Waals surface area contributed by atoms with Gasteiger partial charge in [-0.1, -0.05) is 13.0 Å². The van der Waals surface area contributed by atoms with Crippen molar-refractivity contribution < 1.29 is 23.4 Å². The van der Waals surface area contributed by atoms with Crippen molar-refractivity contribution in [3.63, 3.8) is 0 Å². The summed E-state index contributed by atoms with van der Waals surface area (Å²) in [6.45, 7) is 1.54. The number of hydrogen-bond acceptors (Lipinski definition) is 6. The highest BCUT2D eigenvalue weighted by Gasteiger charge is 2.16. The van der Waals surface area contributed by atoms with Gasteiger partial charge >= 0.3 is 0 Å². The van der Waals surface area contributed by atoms with Crippen LogP contribution in [0.2, 0.25) is 0 Å². The van der Waals surface area contributed by atoms with E-state index in [9.17, 15) is 28.2 Å². The van der Waals surface area contributed by atoms with Crippen LogP contribution in [0, 0.1) is 0 Å². The number of nitrogens with one attached hydrogen (secondary N) is 3. The molecule has 0 amide bonds. The van der Waals surface area contributed by atoms with Gasteiger partial charge < -0.3 is 25.0 Å². The molecule has 0 saturated heterocycles. The number of carboxylic acid groups (broad SMARTS) is 1. The lowest BCUT2D eigenvalue weighted by atomic mass is 10.1. The van der Waals surface area contributed by atoms with E-state index in [1.165, 1.54) is 31.2 Å². The smallest absolute Gasteiger partial charge is 0.272 e. The molecule has 0 atom stereocenters. The first kappa shape index (κ1) is 20.9. The van der Waals surface area contributed by atoms with Crippen molar-refractivity contribution in [2.24, 2.45) is 0 Å². The van der Waals surface area contributed by atoms with E-state index in [4.69, 9.17) is 0 Å². The lowest BCUT2D eigenvalue weighted by Gasteiger charge is -2.09. The lowest BCUT2D eigenvalue weighted by Crippen LogP contribution is -2.19. The maximum atomic E-state index is 12.6. The topological polar surface area (TPSA) is 155 Å². The molecule has 2 heterocycles. The highest BCUT2D eigenvalue weighted by Crippen LogP contribution is 2.25. The molecular formula is C20H18N3O6S-. The largest absolute Gasteiger partial charge is 0.550 e. The summed E-state index contributed by atoms with van der Waals surface area (Å²) in [5, 5.41) is 20.0. The van der Waals surface area contributed by atoms with Gasteiger partial charge in [-0.25, -0.2) is 8.42 Å². The van der Waals surface area contributed by atoms with Crippen molar-refractivity contribution in [1.82, 2.24) is 9.97 Å². The Kier molecular flexibility index (Phi) is 5.79. The maximum Gasteiger partial charge on any atom is 0.272 e. The summed E-state index contributed by atoms with van der Waals surface area (Å²) in [6.07, 6.45) is 1.74. The molecule has 10 heteroatoms. The number of pyridine rings is 1. The van der Waals surface area contributed by atoms with E-state index in [0.717, 1.165) is 0 Å². The second kappa shape index (κ2) is 8.29. The number of aromatic hydroxyl groups is 1. The van der Waals surface area contributed by atoms with E-state index in [0.29, 0.717) is 21.8 Å². The minimum absolute atomic E-state index is 0.0367. The Balaban J connectivity index is 0.000000461. The SMILES string of the molecule is CCC(=O)[O-].O=c1[nH]c2ccc(S(=O)(=O)Nc3cccc(O)c3)cc2c2cc[nH]c12. The summed E-state index contributed by atoms with van der Waals surface area (Å²) in [6, 6.07) is 12.1. The molecule has 4 aromatic rings. The predicted octanol–water partition coefficient (Wildman–Crippen LogP) is 1.66. The lowest BCUT2D eigenvalue weighted by molar-refractivity contribution is -0.305. The van der Waals surface area contributed by atoms with Gasteiger partial charge in [0.2, 0.25) is 0 Å².